The molecule has 7 heteroatoms. The molecule has 6 nitrogen and oxygen atoms in total. The summed E-state index contributed by atoms with van der Waals surface area (Å²) in [5.74, 6) is -0.0705. The zero-order valence-corrected chi connectivity index (χ0v) is 12.1. The smallest absolute Gasteiger partial charge is 0.262 e. The summed E-state index contributed by atoms with van der Waals surface area (Å²) in [7, 11) is 0. The van der Waals surface area contributed by atoms with Gasteiger partial charge in [0, 0.05) is 26.1 Å². The predicted molar refractivity (Wildman–Crippen MR) is 77.8 cm³/mol. The van der Waals surface area contributed by atoms with Crippen molar-refractivity contribution in [1.29, 1.82) is 0 Å². The maximum Gasteiger partial charge on any atom is 0.262 e. The van der Waals surface area contributed by atoms with Crippen molar-refractivity contribution in [3.63, 3.8) is 0 Å². The largest absolute Gasteiger partial charge is 0.395 e. The van der Waals surface area contributed by atoms with Crippen molar-refractivity contribution in [2.24, 2.45) is 0 Å². The maximum atomic E-state index is 12.1. The lowest BCUT2D eigenvalue weighted by molar-refractivity contribution is -0.131. The summed E-state index contributed by atoms with van der Waals surface area (Å²) in [6, 6.07) is 1.75. The fourth-order valence-corrected chi connectivity index (χ4v) is 2.73. The molecule has 0 bridgehead atoms. The average Bonchev–Trinajstić information content (AvgIpc) is 2.93. The Balaban J connectivity index is 2.07. The molecule has 0 aromatic carbocycles. The van der Waals surface area contributed by atoms with Gasteiger partial charge in [-0.05, 0) is 18.4 Å². The summed E-state index contributed by atoms with van der Waals surface area (Å²) < 4.78 is 1.46. The third-order valence-corrected chi connectivity index (χ3v) is 3.94. The number of aliphatic hydroxyl groups is 1. The number of aliphatic hydroxyl groups excluding tert-OH is 1. The molecule has 0 aliphatic heterocycles. The second kappa shape index (κ2) is 6.62. The van der Waals surface area contributed by atoms with E-state index in [0.29, 0.717) is 29.9 Å². The summed E-state index contributed by atoms with van der Waals surface area (Å²) >= 11 is 1.42. The fourth-order valence-electron chi connectivity index (χ4n) is 2.01. The molecule has 0 aliphatic rings. The number of likely N-dealkylation sites (N-methyl/N-ethyl adjacent to an activating group) is 1. The van der Waals surface area contributed by atoms with E-state index in [9.17, 15) is 9.59 Å². The van der Waals surface area contributed by atoms with Gasteiger partial charge in [-0.15, -0.1) is 11.3 Å². The lowest BCUT2D eigenvalue weighted by Gasteiger charge is -2.19. The lowest BCUT2D eigenvalue weighted by Crippen LogP contribution is -2.34. The number of amides is 1. The van der Waals surface area contributed by atoms with Crippen LogP contribution in [0.4, 0.5) is 0 Å². The van der Waals surface area contributed by atoms with Crippen molar-refractivity contribution in [2.45, 2.75) is 19.9 Å². The molecule has 108 valence electrons. The SMILES string of the molecule is CCN(CCO)C(=O)CCn1cnc2sccc2c1=O. The highest BCUT2D eigenvalue weighted by molar-refractivity contribution is 7.16. The molecule has 0 radical (unpaired) electrons. The Bertz CT molecular complexity index is 650. The molecule has 0 aliphatic carbocycles. The molecule has 2 rings (SSSR count). The number of rotatable bonds is 6. The molecule has 0 unspecified atom stereocenters. The minimum atomic E-state index is -0.116. The lowest BCUT2D eigenvalue weighted by atomic mass is 10.3. The average molecular weight is 295 g/mol. The first-order chi connectivity index (χ1) is 9.67. The first kappa shape index (κ1) is 14.7. The molecule has 1 amide bonds. The zero-order valence-electron chi connectivity index (χ0n) is 11.3. The van der Waals surface area contributed by atoms with Crippen LogP contribution in [0, 0.1) is 0 Å². The number of hydrogen-bond donors (Lipinski definition) is 1. The van der Waals surface area contributed by atoms with Gasteiger partial charge in [-0.2, -0.15) is 0 Å². The van der Waals surface area contributed by atoms with Gasteiger partial charge in [0.25, 0.3) is 5.56 Å². The number of carbonyl (C=O) groups excluding carboxylic acids is 1. The first-order valence-corrected chi connectivity index (χ1v) is 7.36. The van der Waals surface area contributed by atoms with Gasteiger partial charge in [0.1, 0.15) is 4.83 Å². The van der Waals surface area contributed by atoms with Crippen LogP contribution in [-0.2, 0) is 11.3 Å². The molecular formula is C13H17N3O3S. The molecule has 0 atom stereocenters. The molecule has 0 fully saturated rings. The normalized spacial score (nSPS) is 10.9. The van der Waals surface area contributed by atoms with Gasteiger partial charge in [-0.3, -0.25) is 14.2 Å². The van der Waals surface area contributed by atoms with Crippen molar-refractivity contribution in [2.75, 3.05) is 19.7 Å². The topological polar surface area (TPSA) is 75.4 Å². The van der Waals surface area contributed by atoms with Gasteiger partial charge in [-0.1, -0.05) is 0 Å². The third kappa shape index (κ3) is 3.05. The molecule has 20 heavy (non-hydrogen) atoms. The van der Waals surface area contributed by atoms with Crippen LogP contribution in [0.5, 0.6) is 0 Å². The van der Waals surface area contributed by atoms with Gasteiger partial charge in [0.2, 0.25) is 5.91 Å². The van der Waals surface area contributed by atoms with Crippen LogP contribution in [0.3, 0.4) is 0 Å². The second-order valence-electron chi connectivity index (χ2n) is 4.33. The van der Waals surface area contributed by atoms with Crippen LogP contribution in [0.2, 0.25) is 0 Å². The summed E-state index contributed by atoms with van der Waals surface area (Å²) in [5, 5.41) is 11.3. The van der Waals surface area contributed by atoms with Crippen LogP contribution in [0.25, 0.3) is 10.2 Å². The van der Waals surface area contributed by atoms with Crippen molar-refractivity contribution in [1.82, 2.24) is 14.5 Å². The van der Waals surface area contributed by atoms with E-state index in [1.54, 1.807) is 11.0 Å². The molecule has 0 spiro atoms. The van der Waals surface area contributed by atoms with Crippen molar-refractivity contribution in [3.8, 4) is 0 Å². The van der Waals surface area contributed by atoms with Crippen molar-refractivity contribution < 1.29 is 9.90 Å². The number of thiophene rings is 1. The Labute approximate surface area is 120 Å². The number of aromatic nitrogens is 2. The van der Waals surface area contributed by atoms with E-state index in [4.69, 9.17) is 5.11 Å². The molecule has 1 N–H and O–H groups in total. The third-order valence-electron chi connectivity index (χ3n) is 3.12. The van der Waals surface area contributed by atoms with E-state index < -0.39 is 0 Å². The van der Waals surface area contributed by atoms with Gasteiger partial charge in [0.15, 0.2) is 0 Å². The molecule has 2 heterocycles. The van der Waals surface area contributed by atoms with E-state index in [-0.39, 0.29) is 24.5 Å². The van der Waals surface area contributed by atoms with Gasteiger partial charge in [-0.25, -0.2) is 4.98 Å². The summed E-state index contributed by atoms with van der Waals surface area (Å²) in [5.41, 5.74) is -0.116. The quantitative estimate of drug-likeness (QED) is 0.850. The number of aryl methyl sites for hydroxylation is 1. The maximum absolute atomic E-state index is 12.1. The highest BCUT2D eigenvalue weighted by atomic mass is 32.1. The number of hydrogen-bond acceptors (Lipinski definition) is 5. The number of fused-ring (bicyclic) bond motifs is 1. The van der Waals surface area contributed by atoms with E-state index in [1.165, 1.54) is 22.2 Å². The van der Waals surface area contributed by atoms with Crippen LogP contribution in [0.1, 0.15) is 13.3 Å². The van der Waals surface area contributed by atoms with Crippen molar-refractivity contribution in [3.05, 3.63) is 28.1 Å². The Morgan fingerprint density at radius 3 is 3.05 bits per heavy atom. The Morgan fingerprint density at radius 1 is 1.55 bits per heavy atom. The summed E-state index contributed by atoms with van der Waals surface area (Å²) in [6.45, 7) is 2.99. The first-order valence-electron chi connectivity index (χ1n) is 6.48. The molecular weight excluding hydrogens is 278 g/mol. The highest BCUT2D eigenvalue weighted by Crippen LogP contribution is 2.13. The molecule has 2 aromatic rings. The molecule has 0 saturated carbocycles. The van der Waals surface area contributed by atoms with E-state index >= 15 is 0 Å². The Hall–Kier alpha value is -1.73. The van der Waals surface area contributed by atoms with Gasteiger partial charge < -0.3 is 10.0 Å². The predicted octanol–water partition coefficient (Wildman–Crippen LogP) is 0.689. The number of nitrogens with zero attached hydrogens (tertiary/aromatic N) is 3. The van der Waals surface area contributed by atoms with E-state index in [0.717, 1.165) is 0 Å². The van der Waals surface area contributed by atoms with Gasteiger partial charge in [0.05, 0.1) is 18.3 Å². The summed E-state index contributed by atoms with van der Waals surface area (Å²) in [4.78, 5) is 30.6. The standard InChI is InChI=1S/C13H17N3O3S/c1-2-15(6-7-17)11(18)3-5-16-9-14-12-10(13(16)19)4-8-20-12/h4,8-9,17H,2-3,5-7H2,1H3. The van der Waals surface area contributed by atoms with Crippen molar-refractivity contribution >= 4 is 27.5 Å². The van der Waals surface area contributed by atoms with Crippen LogP contribution in [0.15, 0.2) is 22.6 Å². The van der Waals surface area contributed by atoms with Gasteiger partial charge >= 0.3 is 0 Å². The van der Waals surface area contributed by atoms with Crippen LogP contribution in [-0.4, -0.2) is 45.2 Å². The fraction of sp³-hybridized carbons (Fsp3) is 0.462. The minimum Gasteiger partial charge on any atom is -0.395 e. The minimum absolute atomic E-state index is 0.0536. The monoisotopic (exact) mass is 295 g/mol. The highest BCUT2D eigenvalue weighted by Gasteiger charge is 2.12. The summed E-state index contributed by atoms with van der Waals surface area (Å²) in [6.07, 6.45) is 1.71. The molecule has 0 saturated heterocycles. The zero-order chi connectivity index (χ0) is 14.5. The Morgan fingerprint density at radius 2 is 2.35 bits per heavy atom. The molecule has 2 aromatic heterocycles. The second-order valence-corrected chi connectivity index (χ2v) is 5.22. The van der Waals surface area contributed by atoms with E-state index in [1.807, 2.05) is 12.3 Å². The Kier molecular flexibility index (Phi) is 4.86. The number of carbonyl (C=O) groups is 1. The van der Waals surface area contributed by atoms with Crippen LogP contribution < -0.4 is 5.56 Å². The van der Waals surface area contributed by atoms with Crippen LogP contribution >= 0.6 is 11.3 Å². The van der Waals surface area contributed by atoms with E-state index in [2.05, 4.69) is 4.98 Å².